The fourth-order valence-electron chi connectivity index (χ4n) is 3.04. The molecule has 0 saturated carbocycles. The van der Waals surface area contributed by atoms with Crippen LogP contribution >= 0.6 is 11.3 Å². The first-order valence-corrected chi connectivity index (χ1v) is 9.44. The highest BCUT2D eigenvalue weighted by atomic mass is 32.1. The van der Waals surface area contributed by atoms with Gasteiger partial charge < -0.3 is 14.3 Å². The number of thiazole rings is 1. The Labute approximate surface area is 162 Å². The van der Waals surface area contributed by atoms with Crippen molar-refractivity contribution in [1.82, 2.24) is 14.5 Å². The van der Waals surface area contributed by atoms with Gasteiger partial charge in [-0.15, -0.1) is 11.3 Å². The molecular weight excluding hydrogens is 386 g/mol. The second kappa shape index (κ2) is 7.16. The summed E-state index contributed by atoms with van der Waals surface area (Å²) >= 11 is 1.27. The fourth-order valence-corrected chi connectivity index (χ4v) is 3.75. The molecule has 1 amide bonds. The first kappa shape index (κ1) is 18.3. The number of imidazole rings is 1. The summed E-state index contributed by atoms with van der Waals surface area (Å²) in [5, 5.41) is 5.00. The lowest BCUT2D eigenvalue weighted by Gasteiger charge is -2.22. The third kappa shape index (κ3) is 3.29. The van der Waals surface area contributed by atoms with Crippen LogP contribution in [0.5, 0.6) is 0 Å². The average molecular weight is 402 g/mol. The largest absolute Gasteiger partial charge is 0.463 e. The maximum Gasteiger partial charge on any atom is 0.249 e. The van der Waals surface area contributed by atoms with Gasteiger partial charge in [0.2, 0.25) is 5.91 Å². The minimum atomic E-state index is -0.986. The molecule has 4 aromatic rings. The van der Waals surface area contributed by atoms with E-state index >= 15 is 0 Å². The number of amides is 1. The van der Waals surface area contributed by atoms with Crippen molar-refractivity contribution in [3.05, 3.63) is 53.9 Å². The number of furan rings is 1. The molecule has 0 fully saturated rings. The van der Waals surface area contributed by atoms with E-state index < -0.39 is 17.7 Å². The highest BCUT2D eigenvalue weighted by Gasteiger charge is 2.27. The number of nitrogens with one attached hydrogen (secondary N) is 1. The second-order valence-corrected chi connectivity index (χ2v) is 7.46. The highest BCUT2D eigenvalue weighted by Crippen LogP contribution is 2.29. The van der Waals surface area contributed by atoms with E-state index in [1.807, 2.05) is 13.8 Å². The Balaban J connectivity index is 1.63. The van der Waals surface area contributed by atoms with Crippen molar-refractivity contribution in [3.8, 4) is 11.5 Å². The Kier molecular flexibility index (Phi) is 4.68. The lowest BCUT2D eigenvalue weighted by atomic mass is 10.0. The Morgan fingerprint density at radius 1 is 1.29 bits per heavy atom. The maximum atomic E-state index is 13.7. The summed E-state index contributed by atoms with van der Waals surface area (Å²) in [5.74, 6) is -1.80. The van der Waals surface area contributed by atoms with Gasteiger partial charge in [-0.1, -0.05) is 13.8 Å². The van der Waals surface area contributed by atoms with Gasteiger partial charge in [0.1, 0.15) is 11.7 Å². The third-order valence-electron chi connectivity index (χ3n) is 4.32. The molecular formula is C19H16F2N4O2S. The van der Waals surface area contributed by atoms with Gasteiger partial charge >= 0.3 is 0 Å². The normalized spacial score (nSPS) is 12.6. The van der Waals surface area contributed by atoms with E-state index in [1.54, 1.807) is 28.3 Å². The van der Waals surface area contributed by atoms with Crippen LogP contribution in [0.2, 0.25) is 0 Å². The molecule has 0 radical (unpaired) electrons. The SMILES string of the molecule is CC(C)C(C(=O)Nc1nc(-c2ccco2)cs1)n1cnc2cc(F)c(F)cc21. The molecule has 1 aromatic carbocycles. The van der Waals surface area contributed by atoms with Gasteiger partial charge in [-0.2, -0.15) is 0 Å². The number of benzene rings is 1. The molecule has 6 nitrogen and oxygen atoms in total. The van der Waals surface area contributed by atoms with Crippen molar-refractivity contribution >= 4 is 33.4 Å². The predicted octanol–water partition coefficient (Wildman–Crippen LogP) is 4.87. The molecule has 0 bridgehead atoms. The summed E-state index contributed by atoms with van der Waals surface area (Å²) in [6.45, 7) is 3.73. The summed E-state index contributed by atoms with van der Waals surface area (Å²) in [5.41, 5.74) is 1.26. The molecule has 144 valence electrons. The topological polar surface area (TPSA) is 73.0 Å². The zero-order valence-electron chi connectivity index (χ0n) is 15.0. The molecule has 28 heavy (non-hydrogen) atoms. The van der Waals surface area contributed by atoms with E-state index in [1.165, 1.54) is 17.7 Å². The maximum absolute atomic E-state index is 13.7. The van der Waals surface area contributed by atoms with Crippen LogP contribution in [0.25, 0.3) is 22.5 Å². The second-order valence-electron chi connectivity index (χ2n) is 6.60. The Morgan fingerprint density at radius 3 is 2.79 bits per heavy atom. The summed E-state index contributed by atoms with van der Waals surface area (Å²) in [4.78, 5) is 21.4. The average Bonchev–Trinajstić information content (AvgIpc) is 3.37. The number of halogens is 2. The van der Waals surface area contributed by atoms with E-state index in [0.29, 0.717) is 22.1 Å². The summed E-state index contributed by atoms with van der Waals surface area (Å²) in [7, 11) is 0. The van der Waals surface area contributed by atoms with Crippen LogP contribution in [0.4, 0.5) is 13.9 Å². The van der Waals surface area contributed by atoms with Crippen LogP contribution in [0, 0.1) is 17.6 Å². The van der Waals surface area contributed by atoms with Gasteiger partial charge in [0.15, 0.2) is 22.5 Å². The number of anilines is 1. The number of hydrogen-bond donors (Lipinski definition) is 1. The summed E-state index contributed by atoms with van der Waals surface area (Å²) in [6, 6.07) is 4.94. The van der Waals surface area contributed by atoms with Crippen LogP contribution in [-0.4, -0.2) is 20.4 Å². The van der Waals surface area contributed by atoms with E-state index in [-0.39, 0.29) is 17.3 Å². The third-order valence-corrected chi connectivity index (χ3v) is 5.08. The Morgan fingerprint density at radius 2 is 2.07 bits per heavy atom. The molecule has 3 heterocycles. The number of carbonyl (C=O) groups is 1. The Bertz CT molecular complexity index is 1130. The molecule has 0 aliphatic carbocycles. The number of aromatic nitrogens is 3. The lowest BCUT2D eigenvalue weighted by Crippen LogP contribution is -2.29. The molecule has 9 heteroatoms. The van der Waals surface area contributed by atoms with Crippen LogP contribution < -0.4 is 5.32 Å². The number of fused-ring (bicyclic) bond motifs is 1. The molecule has 1 unspecified atom stereocenters. The standard InChI is InChI=1S/C19H16F2N4O2S/c1-10(2)17(25-9-22-13-6-11(20)12(21)7-15(13)25)18(26)24-19-23-14(8-28-19)16-4-3-5-27-16/h3-10,17H,1-2H3,(H,23,24,26). The van der Waals surface area contributed by atoms with Crippen LogP contribution in [0.3, 0.4) is 0 Å². The quantitative estimate of drug-likeness (QED) is 0.517. The van der Waals surface area contributed by atoms with E-state index in [2.05, 4.69) is 15.3 Å². The van der Waals surface area contributed by atoms with Crippen molar-refractivity contribution in [2.45, 2.75) is 19.9 Å². The highest BCUT2D eigenvalue weighted by molar-refractivity contribution is 7.14. The number of carbonyl (C=O) groups excluding carboxylic acids is 1. The van der Waals surface area contributed by atoms with Crippen LogP contribution in [0.1, 0.15) is 19.9 Å². The lowest BCUT2D eigenvalue weighted by molar-refractivity contribution is -0.120. The monoisotopic (exact) mass is 402 g/mol. The zero-order chi connectivity index (χ0) is 19.8. The van der Waals surface area contributed by atoms with Crippen LogP contribution in [-0.2, 0) is 4.79 Å². The first-order valence-electron chi connectivity index (χ1n) is 8.56. The number of hydrogen-bond acceptors (Lipinski definition) is 5. The zero-order valence-corrected chi connectivity index (χ0v) is 15.8. The van der Waals surface area contributed by atoms with Crippen molar-refractivity contribution in [3.63, 3.8) is 0 Å². The molecule has 3 aromatic heterocycles. The van der Waals surface area contributed by atoms with Crippen LogP contribution in [0.15, 0.2) is 46.7 Å². The van der Waals surface area contributed by atoms with Gasteiger partial charge in [-0.3, -0.25) is 4.79 Å². The molecule has 0 aliphatic heterocycles. The van der Waals surface area contributed by atoms with Gasteiger partial charge in [-0.05, 0) is 18.1 Å². The summed E-state index contributed by atoms with van der Waals surface area (Å²) < 4.78 is 34.0. The smallest absolute Gasteiger partial charge is 0.249 e. The van der Waals surface area contributed by atoms with Crippen molar-refractivity contribution in [2.24, 2.45) is 5.92 Å². The van der Waals surface area contributed by atoms with E-state index in [4.69, 9.17) is 4.42 Å². The predicted molar refractivity (Wildman–Crippen MR) is 102 cm³/mol. The van der Waals surface area contributed by atoms with Gasteiger partial charge in [0, 0.05) is 17.5 Å². The molecule has 0 aliphatic rings. The van der Waals surface area contributed by atoms with E-state index in [0.717, 1.165) is 12.1 Å². The number of rotatable bonds is 5. The molecule has 0 saturated heterocycles. The fraction of sp³-hybridized carbons (Fsp3) is 0.211. The summed E-state index contributed by atoms with van der Waals surface area (Å²) in [6.07, 6.45) is 2.97. The van der Waals surface area contributed by atoms with Gasteiger partial charge in [0.05, 0.1) is 23.6 Å². The molecule has 4 rings (SSSR count). The Hall–Kier alpha value is -3.07. The molecule has 0 spiro atoms. The molecule has 1 N–H and O–H groups in total. The minimum absolute atomic E-state index is 0.130. The van der Waals surface area contributed by atoms with Crippen molar-refractivity contribution < 1.29 is 18.0 Å². The molecule has 1 atom stereocenters. The van der Waals surface area contributed by atoms with E-state index in [9.17, 15) is 13.6 Å². The van der Waals surface area contributed by atoms with Gasteiger partial charge in [0.25, 0.3) is 0 Å². The van der Waals surface area contributed by atoms with Crippen molar-refractivity contribution in [1.29, 1.82) is 0 Å². The van der Waals surface area contributed by atoms with Crippen molar-refractivity contribution in [2.75, 3.05) is 5.32 Å². The van der Waals surface area contributed by atoms with Gasteiger partial charge in [-0.25, -0.2) is 18.7 Å². The minimum Gasteiger partial charge on any atom is -0.463 e. The number of nitrogens with zero attached hydrogens (tertiary/aromatic N) is 3. The first-order chi connectivity index (χ1) is 13.4.